The van der Waals surface area contributed by atoms with Crippen LogP contribution < -0.4 is 20.9 Å². The number of benzene rings is 1. The van der Waals surface area contributed by atoms with Crippen molar-refractivity contribution in [3.63, 3.8) is 0 Å². The van der Waals surface area contributed by atoms with Crippen LogP contribution in [0.25, 0.3) is 11.1 Å². The lowest BCUT2D eigenvalue weighted by molar-refractivity contribution is -0.220. The standard InChI is InChI=1S/C31H39F5N6O5/c1-30(2,31(34,35)36)27(40-29(45)46-3)28(44)39-11-22(43)10-37-12-23-24(32)6-18(7-25(23)33)17-4-5-26(38-9-17)41-13-19-8-20(14-41)42(19)21-15-47-16-21/h4-7,9,19-22,27,37,43H,8,10-16H2,1-3H3,(H,39,44)(H,40,45)/t19?,20?,22-,27?/m0/s1. The summed E-state index contributed by atoms with van der Waals surface area (Å²) < 4.78 is 80.3. The van der Waals surface area contributed by atoms with Gasteiger partial charge in [0.1, 0.15) is 23.5 Å². The Morgan fingerprint density at radius 2 is 1.72 bits per heavy atom. The molecular formula is C31H39F5N6O5. The lowest BCUT2D eigenvalue weighted by Gasteiger charge is -2.60. The second-order valence-corrected chi connectivity index (χ2v) is 12.7. The molecule has 2 aromatic rings. The van der Waals surface area contributed by atoms with Gasteiger partial charge in [-0.2, -0.15) is 13.2 Å². The number of aromatic nitrogens is 1. The monoisotopic (exact) mass is 670 g/mol. The number of alkyl carbamates (subject to hydrolysis) is 1. The summed E-state index contributed by atoms with van der Waals surface area (Å²) in [6.07, 6.45) is -4.68. The SMILES string of the molecule is COC(=O)NC(C(=O)NC[C@@H](O)CNCc1c(F)cc(-c2ccc(N3CC4CC(C3)N4C3COC3)nc2)cc1F)C(C)(C)C(F)(F)F. The lowest BCUT2D eigenvalue weighted by atomic mass is 9.83. The molecule has 16 heteroatoms. The van der Waals surface area contributed by atoms with Gasteiger partial charge in [0.15, 0.2) is 0 Å². The molecule has 6 rings (SSSR count). The van der Waals surface area contributed by atoms with Crippen LogP contribution in [-0.2, 0) is 20.8 Å². The predicted octanol–water partition coefficient (Wildman–Crippen LogP) is 2.57. The Hall–Kier alpha value is -3.60. The smallest absolute Gasteiger partial charge is 0.407 e. The third-order valence-corrected chi connectivity index (χ3v) is 9.19. The minimum Gasteiger partial charge on any atom is -0.453 e. The topological polar surface area (TPSA) is 128 Å². The first kappa shape index (κ1) is 34.7. The summed E-state index contributed by atoms with van der Waals surface area (Å²) in [7, 11) is 0.936. The number of carbonyl (C=O) groups excluding carboxylic acids is 2. The summed E-state index contributed by atoms with van der Waals surface area (Å²) in [6, 6.07) is 5.42. The Bertz CT molecular complexity index is 1410. The van der Waals surface area contributed by atoms with E-state index in [4.69, 9.17) is 4.74 Å². The highest BCUT2D eigenvalue weighted by molar-refractivity contribution is 5.86. The predicted molar refractivity (Wildman–Crippen MR) is 160 cm³/mol. The number of nitrogens with zero attached hydrogens (tertiary/aromatic N) is 3. The van der Waals surface area contributed by atoms with Gasteiger partial charge in [0.25, 0.3) is 0 Å². The second-order valence-electron chi connectivity index (χ2n) is 12.7. The van der Waals surface area contributed by atoms with Gasteiger partial charge in [-0.1, -0.05) is 0 Å². The first-order chi connectivity index (χ1) is 22.2. The number of rotatable bonds is 12. The van der Waals surface area contributed by atoms with Crippen LogP contribution in [0, 0.1) is 17.0 Å². The number of pyridine rings is 1. The number of piperidine rings is 1. The molecule has 11 nitrogen and oxygen atoms in total. The highest BCUT2D eigenvalue weighted by atomic mass is 19.4. The number of nitrogens with one attached hydrogen (secondary N) is 3. The van der Waals surface area contributed by atoms with E-state index in [1.807, 2.05) is 11.4 Å². The van der Waals surface area contributed by atoms with E-state index in [1.165, 1.54) is 18.6 Å². The number of alkyl halides is 3. The summed E-state index contributed by atoms with van der Waals surface area (Å²) in [4.78, 5) is 33.5. The lowest BCUT2D eigenvalue weighted by Crippen LogP contribution is -2.74. The highest BCUT2D eigenvalue weighted by Crippen LogP contribution is 2.41. The van der Waals surface area contributed by atoms with E-state index in [0.29, 0.717) is 29.3 Å². The molecule has 0 saturated carbocycles. The van der Waals surface area contributed by atoms with E-state index in [0.717, 1.165) is 53.1 Å². The number of aliphatic hydroxyl groups excluding tert-OH is 1. The zero-order chi connectivity index (χ0) is 34.1. The number of piperazine rings is 1. The zero-order valence-electron chi connectivity index (χ0n) is 26.2. The van der Waals surface area contributed by atoms with Crippen molar-refractivity contribution >= 4 is 17.8 Å². The van der Waals surface area contributed by atoms with Crippen molar-refractivity contribution in [1.29, 1.82) is 0 Å². The molecule has 1 aromatic heterocycles. The summed E-state index contributed by atoms with van der Waals surface area (Å²) in [6.45, 7) is 3.73. The van der Waals surface area contributed by atoms with Crippen LogP contribution >= 0.6 is 0 Å². The number of aliphatic hydroxyl groups is 1. The van der Waals surface area contributed by atoms with Gasteiger partial charge in [-0.25, -0.2) is 18.6 Å². The normalized spacial score (nSPS) is 21.3. The first-order valence-corrected chi connectivity index (χ1v) is 15.3. The van der Waals surface area contributed by atoms with Gasteiger partial charge in [-0.15, -0.1) is 0 Å². The number of hydrogen-bond donors (Lipinski definition) is 4. The number of ether oxygens (including phenoxy) is 2. The Morgan fingerprint density at radius 1 is 1.06 bits per heavy atom. The van der Waals surface area contributed by atoms with Crippen molar-refractivity contribution in [3.8, 4) is 11.1 Å². The van der Waals surface area contributed by atoms with E-state index >= 15 is 0 Å². The Morgan fingerprint density at radius 3 is 2.26 bits per heavy atom. The van der Waals surface area contributed by atoms with Gasteiger partial charge < -0.3 is 35.4 Å². The quantitative estimate of drug-likeness (QED) is 0.252. The summed E-state index contributed by atoms with van der Waals surface area (Å²) in [5.74, 6) is -2.03. The minimum absolute atomic E-state index is 0.255. The van der Waals surface area contributed by atoms with E-state index < -0.39 is 53.9 Å². The van der Waals surface area contributed by atoms with Gasteiger partial charge in [-0.05, 0) is 50.1 Å². The van der Waals surface area contributed by atoms with Crippen molar-refractivity contribution < 1.29 is 46.1 Å². The molecule has 2 amide bonds. The van der Waals surface area contributed by atoms with Crippen LogP contribution in [0.1, 0.15) is 25.8 Å². The first-order valence-electron chi connectivity index (χ1n) is 15.3. The third kappa shape index (κ3) is 7.45. The average Bonchev–Trinajstić information content (AvgIpc) is 3.00. The Labute approximate surface area is 268 Å². The van der Waals surface area contributed by atoms with Gasteiger partial charge in [0.05, 0.1) is 37.9 Å². The van der Waals surface area contributed by atoms with Gasteiger partial charge in [0, 0.05) is 62.1 Å². The largest absolute Gasteiger partial charge is 0.453 e. The van der Waals surface area contributed by atoms with E-state index in [1.54, 1.807) is 12.3 Å². The molecule has 47 heavy (non-hydrogen) atoms. The highest BCUT2D eigenvalue weighted by Gasteiger charge is 2.55. The van der Waals surface area contributed by atoms with Crippen LogP contribution in [0.5, 0.6) is 0 Å². The molecule has 4 N–H and O–H groups in total. The molecule has 0 aliphatic carbocycles. The zero-order valence-corrected chi connectivity index (χ0v) is 26.2. The van der Waals surface area contributed by atoms with Crippen molar-refractivity contribution in [2.45, 2.75) is 63.3 Å². The molecule has 258 valence electrons. The van der Waals surface area contributed by atoms with E-state index in [-0.39, 0.29) is 18.7 Å². The van der Waals surface area contributed by atoms with Crippen LogP contribution in [0.15, 0.2) is 30.5 Å². The maximum absolute atomic E-state index is 15.0. The molecule has 4 fully saturated rings. The van der Waals surface area contributed by atoms with Crippen LogP contribution in [0.4, 0.5) is 32.6 Å². The van der Waals surface area contributed by atoms with Crippen LogP contribution in [0.2, 0.25) is 0 Å². The van der Waals surface area contributed by atoms with Gasteiger partial charge in [-0.3, -0.25) is 9.69 Å². The number of carbonyl (C=O) groups is 2. The molecule has 0 radical (unpaired) electrons. The minimum atomic E-state index is -4.86. The number of fused-ring (bicyclic) bond motifs is 2. The number of anilines is 1. The van der Waals surface area contributed by atoms with Gasteiger partial charge in [0.2, 0.25) is 5.91 Å². The van der Waals surface area contributed by atoms with Crippen molar-refractivity contribution in [2.24, 2.45) is 5.41 Å². The molecule has 1 aromatic carbocycles. The van der Waals surface area contributed by atoms with E-state index in [9.17, 15) is 36.6 Å². The summed E-state index contributed by atoms with van der Waals surface area (Å²) in [5, 5.41) is 17.0. The third-order valence-electron chi connectivity index (χ3n) is 9.19. The fourth-order valence-electron chi connectivity index (χ4n) is 6.17. The maximum Gasteiger partial charge on any atom is 0.407 e. The van der Waals surface area contributed by atoms with Gasteiger partial charge >= 0.3 is 12.3 Å². The molecule has 0 spiro atoms. The number of hydrogen-bond acceptors (Lipinski definition) is 9. The molecule has 4 aliphatic heterocycles. The number of amides is 2. The molecule has 5 heterocycles. The van der Waals surface area contributed by atoms with Crippen molar-refractivity contribution in [2.75, 3.05) is 51.4 Å². The Kier molecular flexibility index (Phi) is 10.2. The molecule has 3 unspecified atom stereocenters. The molecular weight excluding hydrogens is 631 g/mol. The fourth-order valence-corrected chi connectivity index (χ4v) is 6.17. The molecule has 4 aliphatic rings. The fraction of sp³-hybridized carbons (Fsp3) is 0.581. The van der Waals surface area contributed by atoms with Crippen molar-refractivity contribution in [3.05, 3.63) is 47.7 Å². The molecule has 2 bridgehead atoms. The summed E-state index contributed by atoms with van der Waals surface area (Å²) >= 11 is 0. The average molecular weight is 671 g/mol. The molecule has 4 atom stereocenters. The maximum atomic E-state index is 15.0. The second kappa shape index (κ2) is 13.9. The van der Waals surface area contributed by atoms with E-state index in [2.05, 4.69) is 30.2 Å². The summed E-state index contributed by atoms with van der Waals surface area (Å²) in [5.41, 5.74) is -2.10. The Balaban J connectivity index is 1.11. The number of halogens is 5. The van der Waals surface area contributed by atoms with Crippen molar-refractivity contribution in [1.82, 2.24) is 25.8 Å². The van der Waals surface area contributed by atoms with Crippen LogP contribution in [-0.4, -0.2) is 110 Å². The van der Waals surface area contributed by atoms with Crippen LogP contribution in [0.3, 0.4) is 0 Å². The number of methoxy groups -OCH3 is 1. The molecule has 4 saturated heterocycles.